The highest BCUT2D eigenvalue weighted by molar-refractivity contribution is 7.13. The van der Waals surface area contributed by atoms with E-state index in [0.717, 1.165) is 65.5 Å². The molecule has 1 amide bonds. The van der Waals surface area contributed by atoms with Gasteiger partial charge in [-0.25, -0.2) is 0 Å². The Morgan fingerprint density at radius 3 is 2.65 bits per heavy atom. The average Bonchev–Trinajstić information content (AvgIpc) is 3.45. The molecule has 1 atom stereocenters. The number of methoxy groups -OCH3 is 2. The summed E-state index contributed by atoms with van der Waals surface area (Å²) in [6.07, 6.45) is 2.77. The SMILES string of the molecule is COc1cc2c(cc1OC)-c1c(-c3cccs3)cc(C(=O)N3CCC[C@@H](N)C3)n1CC2. The molecule has 1 saturated heterocycles. The lowest BCUT2D eigenvalue weighted by Gasteiger charge is -2.31. The van der Waals surface area contributed by atoms with Gasteiger partial charge in [0.1, 0.15) is 5.69 Å². The number of nitrogens with zero attached hydrogens (tertiary/aromatic N) is 2. The van der Waals surface area contributed by atoms with Crippen LogP contribution in [0.25, 0.3) is 21.7 Å². The summed E-state index contributed by atoms with van der Waals surface area (Å²) in [5, 5.41) is 2.07. The van der Waals surface area contributed by atoms with Crippen LogP contribution in [0.3, 0.4) is 0 Å². The van der Waals surface area contributed by atoms with E-state index < -0.39 is 0 Å². The van der Waals surface area contributed by atoms with Gasteiger partial charge in [0.25, 0.3) is 5.91 Å². The molecule has 0 bridgehead atoms. The molecule has 2 aliphatic heterocycles. The van der Waals surface area contributed by atoms with E-state index in [4.69, 9.17) is 15.2 Å². The molecule has 2 aromatic heterocycles. The molecule has 162 valence electrons. The summed E-state index contributed by atoms with van der Waals surface area (Å²) in [6, 6.07) is 10.4. The van der Waals surface area contributed by atoms with Crippen LogP contribution in [0.2, 0.25) is 0 Å². The summed E-state index contributed by atoms with van der Waals surface area (Å²) < 4.78 is 13.3. The van der Waals surface area contributed by atoms with Crippen molar-refractivity contribution in [3.63, 3.8) is 0 Å². The second-order valence-electron chi connectivity index (χ2n) is 8.19. The fraction of sp³-hybridized carbons (Fsp3) is 0.375. The van der Waals surface area contributed by atoms with E-state index in [9.17, 15) is 4.79 Å². The van der Waals surface area contributed by atoms with E-state index in [2.05, 4.69) is 28.1 Å². The van der Waals surface area contributed by atoms with Crippen molar-refractivity contribution in [1.29, 1.82) is 0 Å². The number of aryl methyl sites for hydroxylation is 1. The standard InChI is InChI=1S/C24H27N3O3S/c1-29-20-11-15-7-9-27-19(24(28)26-8-3-5-16(25)14-26)12-18(22-6-4-10-31-22)23(27)17(15)13-21(20)30-2/h4,6,10-13,16H,3,5,7-9,14,25H2,1-2H3/t16-/m1/s1. The minimum Gasteiger partial charge on any atom is -0.493 e. The lowest BCUT2D eigenvalue weighted by molar-refractivity contribution is 0.0698. The van der Waals surface area contributed by atoms with Crippen molar-refractivity contribution in [2.24, 2.45) is 5.73 Å². The first-order valence-corrected chi connectivity index (χ1v) is 11.6. The third-order valence-electron chi connectivity index (χ3n) is 6.32. The Hall–Kier alpha value is -2.77. The number of ether oxygens (including phenoxy) is 2. The third kappa shape index (κ3) is 3.42. The molecular formula is C24H27N3O3S. The number of thiophene rings is 1. The number of hydrogen-bond donors (Lipinski definition) is 1. The minimum absolute atomic E-state index is 0.0581. The number of rotatable bonds is 4. The lowest BCUT2D eigenvalue weighted by Crippen LogP contribution is -2.46. The maximum Gasteiger partial charge on any atom is 0.270 e. The molecule has 3 aromatic rings. The van der Waals surface area contributed by atoms with Gasteiger partial charge in [0.2, 0.25) is 0 Å². The second kappa shape index (κ2) is 8.05. The van der Waals surface area contributed by atoms with Crippen molar-refractivity contribution >= 4 is 17.2 Å². The number of hydrogen-bond acceptors (Lipinski definition) is 5. The highest BCUT2D eigenvalue weighted by Gasteiger charge is 2.31. The average molecular weight is 438 g/mol. The Morgan fingerprint density at radius 1 is 1.13 bits per heavy atom. The molecular weight excluding hydrogens is 410 g/mol. The van der Waals surface area contributed by atoms with Crippen LogP contribution in [-0.4, -0.2) is 48.7 Å². The quantitative estimate of drug-likeness (QED) is 0.669. The van der Waals surface area contributed by atoms with E-state index in [1.165, 1.54) is 5.56 Å². The molecule has 1 fully saturated rings. The molecule has 0 radical (unpaired) electrons. The smallest absolute Gasteiger partial charge is 0.270 e. The van der Waals surface area contributed by atoms with Gasteiger partial charge in [0, 0.05) is 41.7 Å². The van der Waals surface area contributed by atoms with Crippen molar-refractivity contribution < 1.29 is 14.3 Å². The zero-order chi connectivity index (χ0) is 21.5. The van der Waals surface area contributed by atoms with Crippen molar-refractivity contribution in [3.8, 4) is 33.2 Å². The Labute approximate surface area is 186 Å². The summed E-state index contributed by atoms with van der Waals surface area (Å²) in [5.74, 6) is 1.50. The van der Waals surface area contributed by atoms with E-state index >= 15 is 0 Å². The van der Waals surface area contributed by atoms with Gasteiger partial charge in [-0.3, -0.25) is 4.79 Å². The molecule has 1 aromatic carbocycles. The van der Waals surface area contributed by atoms with E-state index in [1.807, 2.05) is 17.0 Å². The highest BCUT2D eigenvalue weighted by atomic mass is 32.1. The molecule has 0 spiro atoms. The molecule has 0 unspecified atom stereocenters. The van der Waals surface area contributed by atoms with E-state index in [1.54, 1.807) is 25.6 Å². The van der Waals surface area contributed by atoms with Crippen molar-refractivity contribution in [2.75, 3.05) is 27.3 Å². The van der Waals surface area contributed by atoms with Crippen LogP contribution in [0.4, 0.5) is 0 Å². The molecule has 2 aliphatic rings. The van der Waals surface area contributed by atoms with Gasteiger partial charge in [0.15, 0.2) is 11.5 Å². The van der Waals surface area contributed by atoms with E-state index in [-0.39, 0.29) is 11.9 Å². The zero-order valence-corrected chi connectivity index (χ0v) is 18.7. The number of benzene rings is 1. The number of carbonyl (C=O) groups is 1. The van der Waals surface area contributed by atoms with Gasteiger partial charge in [0.05, 0.1) is 19.9 Å². The Bertz CT molecular complexity index is 1120. The summed E-state index contributed by atoms with van der Waals surface area (Å²) in [5.41, 5.74) is 11.4. The zero-order valence-electron chi connectivity index (χ0n) is 17.9. The number of aromatic nitrogens is 1. The normalized spacial score (nSPS) is 17.8. The molecule has 5 rings (SSSR count). The van der Waals surface area contributed by atoms with Gasteiger partial charge >= 0.3 is 0 Å². The summed E-state index contributed by atoms with van der Waals surface area (Å²) in [4.78, 5) is 16.6. The molecule has 7 heteroatoms. The number of fused-ring (bicyclic) bond motifs is 3. The first-order chi connectivity index (χ1) is 15.1. The van der Waals surface area contributed by atoms with Gasteiger partial charge in [-0.15, -0.1) is 11.3 Å². The van der Waals surface area contributed by atoms with Crippen LogP contribution >= 0.6 is 11.3 Å². The van der Waals surface area contributed by atoms with Crippen LogP contribution < -0.4 is 15.2 Å². The summed E-state index contributed by atoms with van der Waals surface area (Å²) >= 11 is 1.69. The lowest BCUT2D eigenvalue weighted by atomic mass is 9.95. The van der Waals surface area contributed by atoms with Gasteiger partial charge < -0.3 is 24.7 Å². The number of carbonyl (C=O) groups excluding carboxylic acids is 1. The first kappa shape index (κ1) is 20.2. The molecule has 0 aliphatic carbocycles. The number of piperidine rings is 1. The summed E-state index contributed by atoms with van der Waals surface area (Å²) in [7, 11) is 3.31. The van der Waals surface area contributed by atoms with E-state index in [0.29, 0.717) is 12.3 Å². The second-order valence-corrected chi connectivity index (χ2v) is 9.14. The van der Waals surface area contributed by atoms with Crippen LogP contribution in [0.1, 0.15) is 28.9 Å². The molecule has 4 heterocycles. The van der Waals surface area contributed by atoms with Crippen LogP contribution in [0.5, 0.6) is 11.5 Å². The van der Waals surface area contributed by atoms with Gasteiger partial charge in [-0.2, -0.15) is 0 Å². The van der Waals surface area contributed by atoms with Crippen molar-refractivity contribution in [2.45, 2.75) is 31.8 Å². The van der Waals surface area contributed by atoms with Crippen molar-refractivity contribution in [1.82, 2.24) is 9.47 Å². The minimum atomic E-state index is 0.0581. The van der Waals surface area contributed by atoms with Crippen LogP contribution in [0, 0.1) is 0 Å². The monoisotopic (exact) mass is 437 g/mol. The van der Waals surface area contributed by atoms with Crippen LogP contribution in [-0.2, 0) is 13.0 Å². The molecule has 6 nitrogen and oxygen atoms in total. The molecule has 0 saturated carbocycles. The highest BCUT2D eigenvalue weighted by Crippen LogP contribution is 2.45. The Balaban J connectivity index is 1.67. The van der Waals surface area contributed by atoms with Gasteiger partial charge in [-0.05, 0) is 54.5 Å². The predicted octanol–water partition coefficient (Wildman–Crippen LogP) is 4.02. The maximum atomic E-state index is 13.5. The molecule has 31 heavy (non-hydrogen) atoms. The summed E-state index contributed by atoms with van der Waals surface area (Å²) in [6.45, 7) is 2.14. The Morgan fingerprint density at radius 2 is 1.94 bits per heavy atom. The molecule has 2 N–H and O–H groups in total. The maximum absolute atomic E-state index is 13.5. The van der Waals surface area contributed by atoms with Crippen molar-refractivity contribution in [3.05, 3.63) is 47.0 Å². The fourth-order valence-corrected chi connectivity index (χ4v) is 5.55. The largest absolute Gasteiger partial charge is 0.493 e. The predicted molar refractivity (Wildman–Crippen MR) is 123 cm³/mol. The van der Waals surface area contributed by atoms with Crippen LogP contribution in [0.15, 0.2) is 35.7 Å². The number of likely N-dealkylation sites (tertiary alicyclic amines) is 1. The number of amides is 1. The first-order valence-electron chi connectivity index (χ1n) is 10.7. The van der Waals surface area contributed by atoms with Gasteiger partial charge in [-0.1, -0.05) is 6.07 Å². The topological polar surface area (TPSA) is 69.7 Å². The third-order valence-corrected chi connectivity index (χ3v) is 7.22. The Kier molecular flexibility index (Phi) is 5.24. The number of nitrogens with two attached hydrogens (primary N) is 1. The fourth-order valence-electron chi connectivity index (χ4n) is 4.81.